The summed E-state index contributed by atoms with van der Waals surface area (Å²) in [4.78, 5) is 7.79. The molecule has 0 aromatic heterocycles. The Labute approximate surface area is 87.6 Å². The van der Waals surface area contributed by atoms with E-state index in [0.717, 1.165) is 0 Å². The summed E-state index contributed by atoms with van der Waals surface area (Å²) in [6, 6.07) is 0.849. The Morgan fingerprint density at radius 2 is 1.93 bits per heavy atom. The number of hydrogen-bond donors (Lipinski definition) is 0. The molecule has 0 amide bonds. The first-order valence-electron chi connectivity index (χ1n) is 3.31. The zero-order valence-corrected chi connectivity index (χ0v) is 8.35. The highest BCUT2D eigenvalue weighted by molar-refractivity contribution is 7.86. The SMILES string of the molecule is O=[N+]([O-])c1cc(Cl)c(F)c(S(=O)(=O)F)c1. The molecule has 0 unspecified atom stereocenters. The van der Waals surface area contributed by atoms with E-state index in [1.165, 1.54) is 0 Å². The molecule has 0 fully saturated rings. The molecule has 1 aromatic carbocycles. The zero-order valence-electron chi connectivity index (χ0n) is 6.78. The molecule has 0 aliphatic heterocycles. The number of nitro groups is 1. The minimum absolute atomic E-state index is 0.260. The highest BCUT2D eigenvalue weighted by atomic mass is 35.5. The van der Waals surface area contributed by atoms with Crippen molar-refractivity contribution in [2.75, 3.05) is 0 Å². The normalized spacial score (nSPS) is 11.4. The first-order chi connectivity index (χ1) is 6.73. The second-order valence-corrected chi connectivity index (χ2v) is 4.16. The molecule has 1 rings (SSSR count). The molecular weight excluding hydrogens is 256 g/mol. The van der Waals surface area contributed by atoms with E-state index >= 15 is 0 Å². The van der Waals surface area contributed by atoms with Crippen molar-refractivity contribution in [3.8, 4) is 0 Å². The quantitative estimate of drug-likeness (QED) is 0.461. The van der Waals surface area contributed by atoms with Gasteiger partial charge in [-0.15, -0.1) is 3.89 Å². The van der Waals surface area contributed by atoms with Crippen LogP contribution in [0.1, 0.15) is 0 Å². The molecule has 9 heteroatoms. The molecule has 0 aliphatic carbocycles. The molecule has 82 valence electrons. The van der Waals surface area contributed by atoms with Gasteiger partial charge in [-0.2, -0.15) is 8.42 Å². The molecule has 0 N–H and O–H groups in total. The molecule has 0 bridgehead atoms. The summed E-state index contributed by atoms with van der Waals surface area (Å²) in [5.41, 5.74) is -0.808. The van der Waals surface area contributed by atoms with Crippen LogP contribution in [0, 0.1) is 15.9 Å². The summed E-state index contributed by atoms with van der Waals surface area (Å²) in [5.74, 6) is -1.55. The Bertz CT molecular complexity index is 530. The maximum atomic E-state index is 13.0. The van der Waals surface area contributed by atoms with Crippen LogP contribution in [-0.2, 0) is 10.2 Å². The van der Waals surface area contributed by atoms with E-state index in [2.05, 4.69) is 0 Å². The highest BCUT2D eigenvalue weighted by Gasteiger charge is 2.24. The summed E-state index contributed by atoms with van der Waals surface area (Å²) >= 11 is 5.16. The standard InChI is InChI=1S/C6H2ClF2NO4S/c7-4-1-3(10(11)12)2-5(6(4)8)15(9,13)14/h1-2H. The molecule has 1 aromatic rings. The van der Waals surface area contributed by atoms with E-state index in [9.17, 15) is 26.8 Å². The third-order valence-corrected chi connectivity index (χ3v) is 2.55. The zero-order chi connectivity index (χ0) is 11.8. The van der Waals surface area contributed by atoms with Crippen molar-refractivity contribution in [1.29, 1.82) is 0 Å². The van der Waals surface area contributed by atoms with E-state index in [1.54, 1.807) is 0 Å². The second-order valence-electron chi connectivity index (χ2n) is 2.43. The third kappa shape index (κ3) is 2.39. The maximum Gasteiger partial charge on any atom is 0.335 e. The minimum Gasteiger partial charge on any atom is -0.258 e. The number of hydrogen-bond acceptors (Lipinski definition) is 4. The van der Waals surface area contributed by atoms with Gasteiger partial charge in [0.2, 0.25) is 0 Å². The van der Waals surface area contributed by atoms with Gasteiger partial charge in [0, 0.05) is 12.1 Å². The van der Waals surface area contributed by atoms with Crippen LogP contribution in [0.5, 0.6) is 0 Å². The highest BCUT2D eigenvalue weighted by Crippen LogP contribution is 2.29. The van der Waals surface area contributed by atoms with Gasteiger partial charge in [0.05, 0.1) is 9.95 Å². The molecule has 0 saturated heterocycles. The van der Waals surface area contributed by atoms with Crippen molar-refractivity contribution in [3.05, 3.63) is 33.1 Å². The van der Waals surface area contributed by atoms with Crippen molar-refractivity contribution in [2.45, 2.75) is 4.90 Å². The van der Waals surface area contributed by atoms with Gasteiger partial charge < -0.3 is 0 Å². The lowest BCUT2D eigenvalue weighted by atomic mass is 10.3. The Kier molecular flexibility index (Phi) is 2.91. The van der Waals surface area contributed by atoms with E-state index in [-0.39, 0.29) is 6.07 Å². The Morgan fingerprint density at radius 3 is 2.33 bits per heavy atom. The average Bonchev–Trinajstić information content (AvgIpc) is 2.06. The first kappa shape index (κ1) is 11.8. The summed E-state index contributed by atoms with van der Waals surface area (Å²) in [5, 5.41) is 9.42. The predicted octanol–water partition coefficient (Wildman–Crippen LogP) is 2.05. The van der Waals surface area contributed by atoms with Crippen molar-refractivity contribution in [3.63, 3.8) is 0 Å². The number of nitrogens with zero attached hydrogens (tertiary/aromatic N) is 1. The van der Waals surface area contributed by atoms with Gasteiger partial charge in [0.15, 0.2) is 5.82 Å². The molecule has 0 heterocycles. The van der Waals surface area contributed by atoms with Crippen LogP contribution >= 0.6 is 11.6 Å². The molecule has 0 atom stereocenters. The van der Waals surface area contributed by atoms with E-state index < -0.39 is 36.6 Å². The number of benzene rings is 1. The lowest BCUT2D eigenvalue weighted by molar-refractivity contribution is -0.385. The van der Waals surface area contributed by atoms with Crippen molar-refractivity contribution in [2.24, 2.45) is 0 Å². The Balaban J connectivity index is 3.59. The molecule has 0 saturated carbocycles. The molecular formula is C6H2ClF2NO4S. The minimum atomic E-state index is -5.38. The molecule has 0 spiro atoms. The van der Waals surface area contributed by atoms with Gasteiger partial charge in [0.1, 0.15) is 4.90 Å². The van der Waals surface area contributed by atoms with Crippen LogP contribution in [0.15, 0.2) is 17.0 Å². The Morgan fingerprint density at radius 1 is 1.40 bits per heavy atom. The van der Waals surface area contributed by atoms with E-state index in [4.69, 9.17) is 11.6 Å². The smallest absolute Gasteiger partial charge is 0.258 e. The van der Waals surface area contributed by atoms with Crippen LogP contribution in [0.4, 0.5) is 14.0 Å². The maximum absolute atomic E-state index is 13.0. The number of halogens is 3. The van der Waals surface area contributed by atoms with Crippen molar-refractivity contribution < 1.29 is 21.6 Å². The predicted molar refractivity (Wildman–Crippen MR) is 46.4 cm³/mol. The fraction of sp³-hybridized carbons (Fsp3) is 0. The van der Waals surface area contributed by atoms with Gasteiger partial charge in [-0.25, -0.2) is 4.39 Å². The van der Waals surface area contributed by atoms with Gasteiger partial charge in [-0.05, 0) is 0 Å². The summed E-state index contributed by atoms with van der Waals surface area (Å²) in [6.45, 7) is 0. The van der Waals surface area contributed by atoms with Crippen LogP contribution in [0.25, 0.3) is 0 Å². The van der Waals surface area contributed by atoms with Gasteiger partial charge in [0.25, 0.3) is 5.69 Å². The van der Waals surface area contributed by atoms with Gasteiger partial charge in [-0.1, -0.05) is 11.6 Å². The lowest BCUT2D eigenvalue weighted by Gasteiger charge is -1.99. The van der Waals surface area contributed by atoms with Gasteiger partial charge in [-0.3, -0.25) is 10.1 Å². The molecule has 0 radical (unpaired) electrons. The molecule has 0 aliphatic rings. The van der Waals surface area contributed by atoms with Crippen LogP contribution < -0.4 is 0 Å². The second kappa shape index (κ2) is 3.70. The molecule has 15 heavy (non-hydrogen) atoms. The van der Waals surface area contributed by atoms with Crippen LogP contribution in [0.3, 0.4) is 0 Å². The first-order valence-corrected chi connectivity index (χ1v) is 5.07. The fourth-order valence-electron chi connectivity index (χ4n) is 0.833. The van der Waals surface area contributed by atoms with E-state index in [1.807, 2.05) is 0 Å². The Hall–Kier alpha value is -1.28. The number of nitro benzene ring substituents is 1. The average molecular weight is 258 g/mol. The number of rotatable bonds is 2. The van der Waals surface area contributed by atoms with Crippen molar-refractivity contribution in [1.82, 2.24) is 0 Å². The molecule has 5 nitrogen and oxygen atoms in total. The van der Waals surface area contributed by atoms with Crippen molar-refractivity contribution >= 4 is 27.5 Å². The van der Waals surface area contributed by atoms with Crippen LogP contribution in [0.2, 0.25) is 5.02 Å². The van der Waals surface area contributed by atoms with E-state index in [0.29, 0.717) is 6.07 Å². The number of non-ortho nitro benzene ring substituents is 1. The summed E-state index contributed by atoms with van der Waals surface area (Å²) in [6.07, 6.45) is 0. The summed E-state index contributed by atoms with van der Waals surface area (Å²) < 4.78 is 46.2. The third-order valence-electron chi connectivity index (χ3n) is 1.45. The topological polar surface area (TPSA) is 77.3 Å². The van der Waals surface area contributed by atoms with Gasteiger partial charge >= 0.3 is 10.2 Å². The fourth-order valence-corrected chi connectivity index (χ4v) is 1.69. The van der Waals surface area contributed by atoms with Crippen LogP contribution in [-0.4, -0.2) is 13.3 Å². The largest absolute Gasteiger partial charge is 0.335 e. The lowest BCUT2D eigenvalue weighted by Crippen LogP contribution is -1.99. The summed E-state index contributed by atoms with van der Waals surface area (Å²) in [7, 11) is -5.38. The monoisotopic (exact) mass is 257 g/mol.